The first-order valence-corrected chi connectivity index (χ1v) is 7.12. The second-order valence-electron chi connectivity index (χ2n) is 4.02. The average molecular weight is 291 g/mol. The molecule has 18 heavy (non-hydrogen) atoms. The third-order valence-electron chi connectivity index (χ3n) is 2.53. The maximum atomic E-state index is 9.28. The standard InChI is InChI=1S/C12H15ClO4S/c13-10-1-8-4-16-7-17-12(8)9(2-10)5-18-6-11(15)3-14/h1-2,11,14-15H,3-7H2. The van der Waals surface area contributed by atoms with Crippen LogP contribution in [-0.2, 0) is 17.1 Å². The van der Waals surface area contributed by atoms with Crippen molar-refractivity contribution in [3.63, 3.8) is 0 Å². The van der Waals surface area contributed by atoms with Crippen LogP contribution in [0.15, 0.2) is 12.1 Å². The first-order valence-electron chi connectivity index (χ1n) is 5.59. The quantitative estimate of drug-likeness (QED) is 0.866. The maximum absolute atomic E-state index is 9.28. The van der Waals surface area contributed by atoms with E-state index in [-0.39, 0.29) is 13.4 Å². The van der Waals surface area contributed by atoms with Gasteiger partial charge in [-0.1, -0.05) is 11.6 Å². The van der Waals surface area contributed by atoms with Gasteiger partial charge in [0.1, 0.15) is 5.75 Å². The molecule has 1 aromatic carbocycles. The summed E-state index contributed by atoms with van der Waals surface area (Å²) in [5, 5.41) is 18.7. The minimum absolute atomic E-state index is 0.217. The van der Waals surface area contributed by atoms with Crippen LogP contribution in [0.25, 0.3) is 0 Å². The monoisotopic (exact) mass is 290 g/mol. The van der Waals surface area contributed by atoms with Gasteiger partial charge >= 0.3 is 0 Å². The highest BCUT2D eigenvalue weighted by atomic mass is 35.5. The van der Waals surface area contributed by atoms with E-state index in [9.17, 15) is 5.11 Å². The van der Waals surface area contributed by atoms with Crippen molar-refractivity contribution in [3.8, 4) is 5.75 Å². The summed E-state index contributed by atoms with van der Waals surface area (Å²) in [4.78, 5) is 0. The van der Waals surface area contributed by atoms with Crippen molar-refractivity contribution in [2.24, 2.45) is 0 Å². The fourth-order valence-electron chi connectivity index (χ4n) is 1.72. The van der Waals surface area contributed by atoms with Crippen molar-refractivity contribution in [2.45, 2.75) is 18.5 Å². The van der Waals surface area contributed by atoms with E-state index >= 15 is 0 Å². The van der Waals surface area contributed by atoms with Crippen LogP contribution in [0.2, 0.25) is 5.02 Å². The van der Waals surface area contributed by atoms with Gasteiger partial charge in [-0.15, -0.1) is 0 Å². The van der Waals surface area contributed by atoms with Gasteiger partial charge in [0, 0.05) is 27.7 Å². The smallest absolute Gasteiger partial charge is 0.189 e. The molecule has 1 aliphatic rings. The van der Waals surface area contributed by atoms with Gasteiger partial charge in [0.25, 0.3) is 0 Å². The number of fused-ring (bicyclic) bond motifs is 1. The van der Waals surface area contributed by atoms with Crippen molar-refractivity contribution in [1.82, 2.24) is 0 Å². The Bertz CT molecular complexity index is 413. The van der Waals surface area contributed by atoms with E-state index in [4.69, 9.17) is 26.2 Å². The Balaban J connectivity index is 2.05. The van der Waals surface area contributed by atoms with Gasteiger partial charge in [0.2, 0.25) is 0 Å². The normalized spacial score (nSPS) is 15.9. The summed E-state index contributed by atoms with van der Waals surface area (Å²) in [5.74, 6) is 1.99. The van der Waals surface area contributed by atoms with Crippen molar-refractivity contribution in [3.05, 3.63) is 28.3 Å². The van der Waals surface area contributed by atoms with E-state index in [0.717, 1.165) is 16.9 Å². The van der Waals surface area contributed by atoms with Crippen molar-refractivity contribution in [2.75, 3.05) is 19.2 Å². The van der Waals surface area contributed by atoms with E-state index in [0.29, 0.717) is 23.1 Å². The molecule has 1 heterocycles. The zero-order valence-electron chi connectivity index (χ0n) is 9.76. The summed E-state index contributed by atoms with van der Waals surface area (Å²) in [6, 6.07) is 3.71. The Morgan fingerprint density at radius 2 is 2.28 bits per heavy atom. The molecule has 1 atom stereocenters. The summed E-state index contributed by atoms with van der Waals surface area (Å²) >= 11 is 7.57. The Hall–Kier alpha value is -0.460. The lowest BCUT2D eigenvalue weighted by Gasteiger charge is -2.21. The lowest BCUT2D eigenvalue weighted by Crippen LogP contribution is -2.15. The lowest BCUT2D eigenvalue weighted by molar-refractivity contribution is -0.0168. The minimum atomic E-state index is -0.686. The number of rotatable bonds is 5. The van der Waals surface area contributed by atoms with Crippen molar-refractivity contribution in [1.29, 1.82) is 0 Å². The highest BCUT2D eigenvalue weighted by Gasteiger charge is 2.16. The summed E-state index contributed by atoms with van der Waals surface area (Å²) in [5.41, 5.74) is 1.95. The van der Waals surface area contributed by atoms with Crippen LogP contribution in [0.3, 0.4) is 0 Å². The number of aliphatic hydroxyl groups is 2. The molecule has 6 heteroatoms. The topological polar surface area (TPSA) is 58.9 Å². The largest absolute Gasteiger partial charge is 0.467 e. The number of aliphatic hydroxyl groups excluding tert-OH is 2. The fourth-order valence-corrected chi connectivity index (χ4v) is 2.91. The van der Waals surface area contributed by atoms with Crippen LogP contribution in [0.4, 0.5) is 0 Å². The van der Waals surface area contributed by atoms with Gasteiger partial charge in [-0.2, -0.15) is 11.8 Å². The molecule has 0 radical (unpaired) electrons. The molecule has 4 nitrogen and oxygen atoms in total. The number of benzene rings is 1. The molecule has 1 aromatic rings. The lowest BCUT2D eigenvalue weighted by atomic mass is 10.1. The first kappa shape index (κ1) is 14.0. The number of hydrogen-bond donors (Lipinski definition) is 2. The molecule has 1 aliphatic heterocycles. The molecule has 0 amide bonds. The van der Waals surface area contributed by atoms with Crippen LogP contribution >= 0.6 is 23.4 Å². The van der Waals surface area contributed by atoms with Crippen molar-refractivity contribution >= 4 is 23.4 Å². The molecular weight excluding hydrogens is 276 g/mol. The third-order valence-corrected chi connectivity index (χ3v) is 3.88. The van der Waals surface area contributed by atoms with E-state index < -0.39 is 6.10 Å². The predicted octanol–water partition coefficient (Wildman–Crippen LogP) is 1.79. The van der Waals surface area contributed by atoms with Crippen LogP contribution in [0, 0.1) is 0 Å². The van der Waals surface area contributed by atoms with Gasteiger partial charge in [-0.3, -0.25) is 0 Å². The molecule has 1 unspecified atom stereocenters. The first-order chi connectivity index (χ1) is 8.70. The fraction of sp³-hybridized carbons (Fsp3) is 0.500. The number of halogens is 1. The number of hydrogen-bond acceptors (Lipinski definition) is 5. The molecule has 2 rings (SSSR count). The average Bonchev–Trinajstić information content (AvgIpc) is 2.38. The van der Waals surface area contributed by atoms with Gasteiger partial charge in [0.15, 0.2) is 6.79 Å². The molecule has 2 N–H and O–H groups in total. The highest BCUT2D eigenvalue weighted by Crippen LogP contribution is 2.33. The molecule has 0 saturated heterocycles. The highest BCUT2D eigenvalue weighted by molar-refractivity contribution is 7.98. The van der Waals surface area contributed by atoms with Crippen LogP contribution in [-0.4, -0.2) is 35.5 Å². The molecule has 0 spiro atoms. The second-order valence-corrected chi connectivity index (χ2v) is 5.48. The van der Waals surface area contributed by atoms with Crippen LogP contribution in [0.1, 0.15) is 11.1 Å². The SMILES string of the molecule is OCC(O)CSCc1cc(Cl)cc2c1OCOC2. The summed E-state index contributed by atoms with van der Waals surface area (Å²) < 4.78 is 10.7. The third kappa shape index (κ3) is 3.52. The molecule has 0 aromatic heterocycles. The zero-order chi connectivity index (χ0) is 13.0. The minimum Gasteiger partial charge on any atom is -0.467 e. The second kappa shape index (κ2) is 6.63. The Labute approximate surface area is 115 Å². The zero-order valence-corrected chi connectivity index (χ0v) is 11.3. The van der Waals surface area contributed by atoms with E-state index in [1.807, 2.05) is 12.1 Å². The Kier molecular flexibility index (Phi) is 5.14. The van der Waals surface area contributed by atoms with E-state index in [1.165, 1.54) is 11.8 Å². The molecule has 0 saturated carbocycles. The Morgan fingerprint density at radius 1 is 1.44 bits per heavy atom. The van der Waals surface area contributed by atoms with Crippen LogP contribution < -0.4 is 4.74 Å². The van der Waals surface area contributed by atoms with E-state index in [2.05, 4.69) is 0 Å². The molecule has 0 bridgehead atoms. The molecule has 0 aliphatic carbocycles. The van der Waals surface area contributed by atoms with Crippen molar-refractivity contribution < 1.29 is 19.7 Å². The molecule has 100 valence electrons. The summed E-state index contributed by atoms with van der Waals surface area (Å²) in [7, 11) is 0. The summed E-state index contributed by atoms with van der Waals surface area (Å²) in [6.07, 6.45) is -0.686. The van der Waals surface area contributed by atoms with Crippen LogP contribution in [0.5, 0.6) is 5.75 Å². The summed E-state index contributed by atoms with van der Waals surface area (Å²) in [6.45, 7) is 0.545. The molecular formula is C12H15ClO4S. The molecule has 0 fully saturated rings. The Morgan fingerprint density at radius 3 is 3.06 bits per heavy atom. The van der Waals surface area contributed by atoms with Gasteiger partial charge < -0.3 is 19.7 Å². The maximum Gasteiger partial charge on any atom is 0.189 e. The predicted molar refractivity (Wildman–Crippen MR) is 71.0 cm³/mol. The van der Waals surface area contributed by atoms with Gasteiger partial charge in [0.05, 0.1) is 19.3 Å². The van der Waals surface area contributed by atoms with Gasteiger partial charge in [-0.25, -0.2) is 0 Å². The van der Waals surface area contributed by atoms with E-state index in [1.54, 1.807) is 0 Å². The number of ether oxygens (including phenoxy) is 2. The number of thioether (sulfide) groups is 1. The van der Waals surface area contributed by atoms with Gasteiger partial charge in [-0.05, 0) is 12.1 Å².